The summed E-state index contributed by atoms with van der Waals surface area (Å²) in [5.41, 5.74) is 0.890. The fraction of sp³-hybridized carbons (Fsp3) is 0.500. The van der Waals surface area contributed by atoms with E-state index < -0.39 is 12.7 Å². The van der Waals surface area contributed by atoms with Crippen molar-refractivity contribution in [2.24, 2.45) is 0 Å². The molecule has 2 N–H and O–H groups in total. The lowest BCUT2D eigenvalue weighted by Gasteiger charge is -2.18. The lowest BCUT2D eigenvalue weighted by atomic mass is 10.1. The molecule has 0 aromatic heterocycles. The Bertz CT molecular complexity index is 527. The van der Waals surface area contributed by atoms with Crippen molar-refractivity contribution in [2.75, 3.05) is 18.8 Å². The first-order valence-corrected chi connectivity index (χ1v) is 8.64. The summed E-state index contributed by atoms with van der Waals surface area (Å²) in [5.74, 6) is 0.563. The molecule has 3 nitrogen and oxygen atoms in total. The number of halogens is 4. The first kappa shape index (κ1) is 17.6. The van der Waals surface area contributed by atoms with Gasteiger partial charge in [0, 0.05) is 17.1 Å². The van der Waals surface area contributed by atoms with Crippen LogP contribution in [0, 0.1) is 0 Å². The van der Waals surface area contributed by atoms with E-state index >= 15 is 0 Å². The molecule has 0 unspecified atom stereocenters. The molecule has 1 aliphatic rings. The summed E-state index contributed by atoms with van der Waals surface area (Å²) in [6.45, 7) is -0.918. The van der Waals surface area contributed by atoms with Gasteiger partial charge in [0.25, 0.3) is 0 Å². The smallest absolute Gasteiger partial charge is 0.351 e. The maximum absolute atomic E-state index is 12.3. The number of carbonyl (C=O) groups is 1. The highest BCUT2D eigenvalue weighted by Crippen LogP contribution is 2.33. The molecule has 1 aliphatic heterocycles. The highest BCUT2D eigenvalue weighted by atomic mass is 79.9. The van der Waals surface area contributed by atoms with Gasteiger partial charge in [-0.1, -0.05) is 28.1 Å². The number of alkyl halides is 3. The van der Waals surface area contributed by atoms with Crippen LogP contribution in [0.15, 0.2) is 28.7 Å². The van der Waals surface area contributed by atoms with Crippen molar-refractivity contribution in [3.8, 4) is 0 Å². The lowest BCUT2D eigenvalue weighted by Crippen LogP contribution is -2.44. The summed E-state index contributed by atoms with van der Waals surface area (Å²) in [6.07, 6.45) is -3.59. The summed E-state index contributed by atoms with van der Waals surface area (Å²) >= 11 is 4.89. The lowest BCUT2D eigenvalue weighted by molar-refractivity contribution is -0.125. The molecule has 2 rings (SSSR count). The SMILES string of the molecule is O=C1N[C@H](CNCC(F)(F)F)CCS[C@@H]1c1cccc(Br)c1. The zero-order valence-electron chi connectivity index (χ0n) is 11.6. The summed E-state index contributed by atoms with van der Waals surface area (Å²) < 4.78 is 37.3. The Morgan fingerprint density at radius 1 is 1.41 bits per heavy atom. The third-order valence-electron chi connectivity index (χ3n) is 3.20. The molecule has 0 saturated carbocycles. The molecule has 1 fully saturated rings. The number of benzene rings is 1. The van der Waals surface area contributed by atoms with Crippen molar-refractivity contribution in [3.63, 3.8) is 0 Å². The van der Waals surface area contributed by atoms with E-state index in [1.807, 2.05) is 24.3 Å². The summed E-state index contributed by atoms with van der Waals surface area (Å²) in [7, 11) is 0. The predicted molar refractivity (Wildman–Crippen MR) is 84.8 cm³/mol. The van der Waals surface area contributed by atoms with E-state index in [1.165, 1.54) is 11.8 Å². The van der Waals surface area contributed by atoms with Gasteiger partial charge < -0.3 is 10.6 Å². The van der Waals surface area contributed by atoms with E-state index in [2.05, 4.69) is 26.6 Å². The van der Waals surface area contributed by atoms with Crippen LogP contribution in [0.1, 0.15) is 17.2 Å². The highest BCUT2D eigenvalue weighted by Gasteiger charge is 2.29. The minimum absolute atomic E-state index is 0.122. The normalized spacial score (nSPS) is 23.0. The van der Waals surface area contributed by atoms with E-state index in [-0.39, 0.29) is 23.7 Å². The van der Waals surface area contributed by atoms with Crippen LogP contribution in [0.25, 0.3) is 0 Å². The van der Waals surface area contributed by atoms with Crippen LogP contribution in [-0.4, -0.2) is 37.0 Å². The average molecular weight is 397 g/mol. The van der Waals surface area contributed by atoms with E-state index in [1.54, 1.807) is 0 Å². The Morgan fingerprint density at radius 2 is 2.18 bits per heavy atom. The molecule has 0 spiro atoms. The molecule has 1 amide bonds. The van der Waals surface area contributed by atoms with E-state index in [0.29, 0.717) is 12.2 Å². The van der Waals surface area contributed by atoms with Gasteiger partial charge in [0.1, 0.15) is 5.25 Å². The Morgan fingerprint density at radius 3 is 2.86 bits per heavy atom. The number of hydrogen-bond donors (Lipinski definition) is 2. The third-order valence-corrected chi connectivity index (χ3v) is 4.99. The number of nitrogens with one attached hydrogen (secondary N) is 2. The number of amides is 1. The van der Waals surface area contributed by atoms with Crippen LogP contribution in [0.3, 0.4) is 0 Å². The summed E-state index contributed by atoms with van der Waals surface area (Å²) in [5, 5.41) is 4.85. The molecule has 0 radical (unpaired) electrons. The number of carbonyl (C=O) groups excluding carboxylic acids is 1. The van der Waals surface area contributed by atoms with E-state index in [4.69, 9.17) is 0 Å². The van der Waals surface area contributed by atoms with Crippen molar-refractivity contribution < 1.29 is 18.0 Å². The maximum Gasteiger partial charge on any atom is 0.401 e. The largest absolute Gasteiger partial charge is 0.401 e. The highest BCUT2D eigenvalue weighted by molar-refractivity contribution is 9.10. The van der Waals surface area contributed by atoms with Crippen LogP contribution in [0.5, 0.6) is 0 Å². The molecule has 1 aromatic carbocycles. The van der Waals surface area contributed by atoms with Gasteiger partial charge in [-0.2, -0.15) is 13.2 Å². The number of hydrogen-bond acceptors (Lipinski definition) is 3. The Balaban J connectivity index is 1.93. The van der Waals surface area contributed by atoms with Crippen LogP contribution >= 0.6 is 27.7 Å². The molecule has 1 saturated heterocycles. The van der Waals surface area contributed by atoms with Gasteiger partial charge in [0.15, 0.2) is 0 Å². The Hall–Kier alpha value is -0.730. The fourth-order valence-corrected chi connectivity index (χ4v) is 3.84. The topological polar surface area (TPSA) is 41.1 Å². The first-order chi connectivity index (χ1) is 10.3. The van der Waals surface area contributed by atoms with Crippen molar-refractivity contribution in [1.82, 2.24) is 10.6 Å². The van der Waals surface area contributed by atoms with Crippen molar-refractivity contribution in [1.29, 1.82) is 0 Å². The van der Waals surface area contributed by atoms with Crippen LogP contribution in [0.2, 0.25) is 0 Å². The Labute approximate surface area is 139 Å². The number of thioether (sulfide) groups is 1. The van der Waals surface area contributed by atoms with Crippen molar-refractivity contribution in [3.05, 3.63) is 34.3 Å². The van der Waals surface area contributed by atoms with Crippen LogP contribution in [0.4, 0.5) is 13.2 Å². The molecule has 1 aromatic rings. The van der Waals surface area contributed by atoms with Crippen molar-refractivity contribution >= 4 is 33.6 Å². The minimum atomic E-state index is -4.23. The Kier molecular flexibility index (Phi) is 6.17. The fourth-order valence-electron chi connectivity index (χ4n) is 2.21. The number of rotatable bonds is 4. The van der Waals surface area contributed by atoms with Gasteiger partial charge in [0.05, 0.1) is 6.54 Å². The quantitative estimate of drug-likeness (QED) is 0.820. The third kappa shape index (κ3) is 5.48. The van der Waals surface area contributed by atoms with Crippen LogP contribution < -0.4 is 10.6 Å². The van der Waals surface area contributed by atoms with Gasteiger partial charge in [-0.15, -0.1) is 11.8 Å². The maximum atomic E-state index is 12.3. The van der Waals surface area contributed by atoms with Gasteiger partial charge in [-0.3, -0.25) is 4.79 Å². The molecule has 122 valence electrons. The van der Waals surface area contributed by atoms with Gasteiger partial charge in [0.2, 0.25) is 5.91 Å². The minimum Gasteiger partial charge on any atom is -0.351 e. The average Bonchev–Trinajstić information content (AvgIpc) is 2.59. The second-order valence-corrected chi connectivity index (χ2v) is 7.17. The summed E-state index contributed by atoms with van der Waals surface area (Å²) in [4.78, 5) is 12.3. The first-order valence-electron chi connectivity index (χ1n) is 6.80. The van der Waals surface area contributed by atoms with Gasteiger partial charge >= 0.3 is 6.18 Å². The molecule has 1 heterocycles. The molecule has 8 heteroatoms. The predicted octanol–water partition coefficient (Wildman–Crippen LogP) is 3.26. The van der Waals surface area contributed by atoms with E-state index in [0.717, 1.165) is 10.0 Å². The molecule has 0 bridgehead atoms. The van der Waals surface area contributed by atoms with E-state index in [9.17, 15) is 18.0 Å². The zero-order chi connectivity index (χ0) is 16.2. The monoisotopic (exact) mass is 396 g/mol. The summed E-state index contributed by atoms with van der Waals surface area (Å²) in [6, 6.07) is 7.23. The zero-order valence-corrected chi connectivity index (χ0v) is 14.0. The molecular weight excluding hydrogens is 381 g/mol. The second kappa shape index (κ2) is 7.70. The molecular formula is C14H16BrF3N2OS. The van der Waals surface area contributed by atoms with Crippen LogP contribution in [-0.2, 0) is 4.79 Å². The molecule has 22 heavy (non-hydrogen) atoms. The molecule has 2 atom stereocenters. The standard InChI is InChI=1S/C14H16BrF3N2OS/c15-10-3-1-2-9(6-10)12-13(21)20-11(4-5-22-12)7-19-8-14(16,17)18/h1-3,6,11-12,19H,4-5,7-8H2,(H,20,21)/t11-,12+/m0/s1. The second-order valence-electron chi connectivity index (χ2n) is 5.05. The van der Waals surface area contributed by atoms with Gasteiger partial charge in [-0.25, -0.2) is 0 Å². The van der Waals surface area contributed by atoms with Gasteiger partial charge in [-0.05, 0) is 29.9 Å². The molecule has 0 aliphatic carbocycles. The van der Waals surface area contributed by atoms with Crippen molar-refractivity contribution in [2.45, 2.75) is 23.9 Å².